The second kappa shape index (κ2) is 7.71. The lowest BCUT2D eigenvalue weighted by atomic mass is 9.76. The number of allylic oxidation sites excluding steroid dienone is 1. The van der Waals surface area contributed by atoms with E-state index >= 15 is 0 Å². The summed E-state index contributed by atoms with van der Waals surface area (Å²) in [5.74, 6) is 0.215. The van der Waals surface area contributed by atoms with Crippen LogP contribution in [0.4, 0.5) is 0 Å². The van der Waals surface area contributed by atoms with E-state index in [4.69, 9.17) is 0 Å². The number of benzene rings is 3. The van der Waals surface area contributed by atoms with E-state index < -0.39 is 0 Å². The van der Waals surface area contributed by atoms with Crippen LogP contribution < -0.4 is 9.13 Å². The van der Waals surface area contributed by atoms with Crippen molar-refractivity contribution in [2.75, 3.05) is 0 Å². The summed E-state index contributed by atoms with van der Waals surface area (Å²) in [6.07, 6.45) is 6.72. The molecular weight excluding hydrogens is 468 g/mol. The van der Waals surface area contributed by atoms with Gasteiger partial charge in [0.15, 0.2) is 24.5 Å². The number of fused-ring (bicyclic) bond motifs is 9. The Morgan fingerprint density at radius 3 is 2.46 bits per heavy atom. The normalized spacial score (nSPS) is 19.3. The molecule has 3 aromatic carbocycles. The van der Waals surface area contributed by atoms with Gasteiger partial charge >= 0.3 is 0 Å². The summed E-state index contributed by atoms with van der Waals surface area (Å²) in [5, 5.41) is 2.71. The van der Waals surface area contributed by atoms with Gasteiger partial charge in [0.2, 0.25) is 11.4 Å². The van der Waals surface area contributed by atoms with Gasteiger partial charge in [-0.25, -0.2) is 0 Å². The molecule has 0 amide bonds. The van der Waals surface area contributed by atoms with Crippen molar-refractivity contribution in [3.05, 3.63) is 133 Å². The smallest absolute Gasteiger partial charge is 0.191 e. The molecule has 2 aliphatic heterocycles. The van der Waals surface area contributed by atoms with E-state index in [0.717, 1.165) is 0 Å². The first kappa shape index (κ1) is 21.0. The molecule has 2 nitrogen and oxygen atoms in total. The predicted octanol–water partition coefficient (Wildman–Crippen LogP) is 7.70. The van der Waals surface area contributed by atoms with Gasteiger partial charge in [0.05, 0.1) is 11.1 Å². The minimum absolute atomic E-state index is 0.138. The summed E-state index contributed by atoms with van der Waals surface area (Å²) >= 11 is 1.90. The highest BCUT2D eigenvalue weighted by Crippen LogP contribution is 2.51. The first-order chi connectivity index (χ1) is 18.2. The van der Waals surface area contributed by atoms with Crippen LogP contribution in [0.2, 0.25) is 0 Å². The molecule has 3 unspecified atom stereocenters. The van der Waals surface area contributed by atoms with Gasteiger partial charge in [0.25, 0.3) is 0 Å². The molecule has 0 saturated heterocycles. The van der Waals surface area contributed by atoms with Crippen LogP contribution in [0.25, 0.3) is 42.7 Å². The molecule has 3 aromatic heterocycles. The Kier molecular flexibility index (Phi) is 4.38. The summed E-state index contributed by atoms with van der Waals surface area (Å²) in [5.41, 5.74) is 9.29. The van der Waals surface area contributed by atoms with Crippen molar-refractivity contribution >= 4 is 31.5 Å². The Morgan fingerprint density at radius 2 is 1.54 bits per heavy atom. The number of hydrogen-bond acceptors (Lipinski definition) is 1. The fourth-order valence-corrected chi connectivity index (χ4v) is 7.93. The SMILES string of the molecule is C=CC1C(C2c3cc4sc5ccccc5c4cc3-c3cccc[n+]32)c2ccccc2-c2ccc(C)c[n+]21. The molecule has 6 aromatic rings. The average molecular weight is 495 g/mol. The molecule has 0 radical (unpaired) electrons. The second-order valence-corrected chi connectivity index (χ2v) is 11.4. The third kappa shape index (κ3) is 2.86. The highest BCUT2D eigenvalue weighted by molar-refractivity contribution is 7.25. The number of hydrogen-bond donors (Lipinski definition) is 0. The quantitative estimate of drug-likeness (QED) is 0.172. The van der Waals surface area contributed by atoms with Crippen LogP contribution in [0.3, 0.4) is 0 Å². The summed E-state index contributed by atoms with van der Waals surface area (Å²) < 4.78 is 7.68. The Hall–Kier alpha value is -4.08. The zero-order valence-electron chi connectivity index (χ0n) is 20.6. The van der Waals surface area contributed by atoms with Crippen molar-refractivity contribution in [1.29, 1.82) is 0 Å². The molecule has 0 aliphatic carbocycles. The molecule has 2 aliphatic rings. The minimum Gasteiger partial charge on any atom is -0.191 e. The Morgan fingerprint density at radius 1 is 0.730 bits per heavy atom. The molecule has 0 fully saturated rings. The second-order valence-electron chi connectivity index (χ2n) is 10.3. The lowest BCUT2D eigenvalue weighted by Gasteiger charge is -2.31. The van der Waals surface area contributed by atoms with Crippen molar-refractivity contribution < 1.29 is 9.13 Å². The van der Waals surface area contributed by atoms with Gasteiger partial charge in [-0.2, -0.15) is 9.13 Å². The lowest BCUT2D eigenvalue weighted by molar-refractivity contribution is -0.739. The van der Waals surface area contributed by atoms with E-state index in [9.17, 15) is 0 Å². The number of aryl methyl sites for hydroxylation is 1. The molecule has 176 valence electrons. The maximum absolute atomic E-state index is 4.37. The van der Waals surface area contributed by atoms with Gasteiger partial charge in [-0.1, -0.05) is 43.0 Å². The van der Waals surface area contributed by atoms with Crippen LogP contribution >= 0.6 is 11.3 Å². The minimum atomic E-state index is 0.138. The van der Waals surface area contributed by atoms with Gasteiger partial charge in [0.1, 0.15) is 5.92 Å². The molecule has 3 heteroatoms. The Labute approximate surface area is 220 Å². The standard InChI is InChI=1S/C34H26N2S/c1-3-28-33(24-12-5-4-10-22(24)30-16-15-21(2)20-36(28)30)34-27-19-32-26(23-11-6-7-14-31(23)37-32)18-25(27)29-13-8-9-17-35(29)34/h3-20,28,33-34H,1H2,2H3/q+2. The maximum Gasteiger partial charge on any atom is 0.213 e. The van der Waals surface area contributed by atoms with Crippen molar-refractivity contribution in [2.24, 2.45) is 0 Å². The lowest BCUT2D eigenvalue weighted by Crippen LogP contribution is -2.52. The highest BCUT2D eigenvalue weighted by Gasteiger charge is 2.51. The molecular formula is C34H26N2S+2. The van der Waals surface area contributed by atoms with E-state index in [2.05, 4.69) is 132 Å². The molecule has 5 heterocycles. The number of pyridine rings is 2. The molecule has 0 N–H and O–H groups in total. The van der Waals surface area contributed by atoms with Crippen LogP contribution in [0.5, 0.6) is 0 Å². The highest BCUT2D eigenvalue weighted by atomic mass is 32.1. The van der Waals surface area contributed by atoms with Crippen LogP contribution in [-0.4, -0.2) is 0 Å². The monoisotopic (exact) mass is 494 g/mol. The van der Waals surface area contributed by atoms with E-state index in [0.29, 0.717) is 0 Å². The maximum atomic E-state index is 4.37. The number of aromatic nitrogens is 2. The Bertz CT molecular complexity index is 1900. The zero-order chi connectivity index (χ0) is 24.7. The van der Waals surface area contributed by atoms with Gasteiger partial charge < -0.3 is 0 Å². The van der Waals surface area contributed by atoms with Crippen molar-refractivity contribution in [3.63, 3.8) is 0 Å². The third-order valence-corrected chi connectivity index (χ3v) is 9.46. The molecule has 37 heavy (non-hydrogen) atoms. The van der Waals surface area contributed by atoms with Gasteiger partial charge in [0, 0.05) is 49.5 Å². The number of nitrogens with zero attached hydrogens (tertiary/aromatic N) is 2. The van der Waals surface area contributed by atoms with Crippen LogP contribution in [0.15, 0.2) is 116 Å². The molecule has 0 bridgehead atoms. The fourth-order valence-electron chi connectivity index (χ4n) is 6.80. The zero-order valence-corrected chi connectivity index (χ0v) is 21.5. The number of rotatable bonds is 2. The van der Waals surface area contributed by atoms with E-state index in [1.165, 1.54) is 59.4 Å². The summed E-state index contributed by atoms with van der Waals surface area (Å²) in [6, 6.07) is 34.1. The van der Waals surface area contributed by atoms with Crippen molar-refractivity contribution in [2.45, 2.75) is 24.9 Å². The van der Waals surface area contributed by atoms with E-state index in [-0.39, 0.29) is 18.0 Å². The molecule has 3 atom stereocenters. The summed E-state index contributed by atoms with van der Waals surface area (Å²) in [4.78, 5) is 0. The summed E-state index contributed by atoms with van der Waals surface area (Å²) in [7, 11) is 0. The number of thiophene rings is 1. The van der Waals surface area contributed by atoms with Gasteiger partial charge in [-0.3, -0.25) is 0 Å². The predicted molar refractivity (Wildman–Crippen MR) is 152 cm³/mol. The first-order valence-electron chi connectivity index (χ1n) is 12.9. The third-order valence-electron chi connectivity index (χ3n) is 8.32. The van der Waals surface area contributed by atoms with Crippen LogP contribution in [-0.2, 0) is 0 Å². The van der Waals surface area contributed by atoms with Crippen molar-refractivity contribution in [1.82, 2.24) is 0 Å². The summed E-state index contributed by atoms with van der Waals surface area (Å²) in [6.45, 7) is 6.55. The Balaban J connectivity index is 1.44. The first-order valence-corrected chi connectivity index (χ1v) is 13.7. The van der Waals surface area contributed by atoms with Crippen LogP contribution in [0.1, 0.15) is 34.7 Å². The molecule has 0 spiro atoms. The molecule has 0 saturated carbocycles. The van der Waals surface area contributed by atoms with E-state index in [1.807, 2.05) is 11.3 Å². The average Bonchev–Trinajstić information content (AvgIpc) is 3.45. The molecule has 8 rings (SSSR count). The van der Waals surface area contributed by atoms with Crippen molar-refractivity contribution in [3.8, 4) is 22.5 Å². The fraction of sp³-hybridized carbons (Fsp3) is 0.118. The largest absolute Gasteiger partial charge is 0.213 e. The van der Waals surface area contributed by atoms with Crippen LogP contribution in [0, 0.1) is 6.92 Å². The van der Waals surface area contributed by atoms with Gasteiger partial charge in [-0.05, 0) is 55.0 Å². The topological polar surface area (TPSA) is 7.76 Å². The van der Waals surface area contributed by atoms with E-state index in [1.54, 1.807) is 0 Å². The van der Waals surface area contributed by atoms with Gasteiger partial charge in [-0.15, -0.1) is 11.3 Å².